The number of rotatable bonds is 9. The molecule has 1 atom stereocenters. The molecule has 1 unspecified atom stereocenters. The van der Waals surface area contributed by atoms with Crippen LogP contribution < -0.4 is 10.5 Å². The van der Waals surface area contributed by atoms with Crippen LogP contribution in [0.4, 0.5) is 0 Å². The lowest BCUT2D eigenvalue weighted by Gasteiger charge is -2.26. The van der Waals surface area contributed by atoms with Crippen LogP contribution in [0, 0.1) is 5.92 Å². The molecule has 0 radical (unpaired) electrons. The Morgan fingerprint density at radius 2 is 1.86 bits per heavy atom. The lowest BCUT2D eigenvalue weighted by atomic mass is 10.0. The molecule has 0 amide bonds. The van der Waals surface area contributed by atoms with Crippen molar-refractivity contribution in [2.24, 2.45) is 11.7 Å². The average molecular weight is 308 g/mol. The Morgan fingerprint density at radius 3 is 2.38 bits per heavy atom. The average Bonchev–Trinajstić information content (AvgIpc) is 2.39. The van der Waals surface area contributed by atoms with Crippen molar-refractivity contribution in [2.45, 2.75) is 39.7 Å². The fourth-order valence-corrected chi connectivity index (χ4v) is 2.46. The maximum absolute atomic E-state index is 5.79. The molecule has 21 heavy (non-hydrogen) atoms. The van der Waals surface area contributed by atoms with Crippen molar-refractivity contribution >= 4 is 17.2 Å². The van der Waals surface area contributed by atoms with Crippen LogP contribution in [-0.4, -0.2) is 36.1 Å². The molecule has 0 aliphatic rings. The molecule has 4 heteroatoms. The second kappa shape index (κ2) is 9.00. The van der Waals surface area contributed by atoms with E-state index in [0.717, 1.165) is 23.8 Å². The highest BCUT2D eigenvalue weighted by atomic mass is 32.1. The minimum Gasteiger partial charge on any atom is -0.492 e. The van der Waals surface area contributed by atoms with Gasteiger partial charge in [0.05, 0.1) is 4.99 Å². The zero-order valence-corrected chi connectivity index (χ0v) is 14.5. The zero-order chi connectivity index (χ0) is 15.8. The summed E-state index contributed by atoms with van der Waals surface area (Å²) in [4.78, 5) is 2.87. The molecular formula is C17H28N2OS. The maximum atomic E-state index is 5.79. The summed E-state index contributed by atoms with van der Waals surface area (Å²) >= 11 is 4.90. The first-order valence-corrected chi connectivity index (χ1v) is 7.99. The van der Waals surface area contributed by atoms with E-state index in [1.807, 2.05) is 24.3 Å². The third kappa shape index (κ3) is 7.44. The van der Waals surface area contributed by atoms with Crippen LogP contribution in [0.5, 0.6) is 5.75 Å². The highest BCUT2D eigenvalue weighted by Crippen LogP contribution is 2.13. The molecule has 118 valence electrons. The van der Waals surface area contributed by atoms with Crippen molar-refractivity contribution in [2.75, 3.05) is 20.2 Å². The summed E-state index contributed by atoms with van der Waals surface area (Å²) in [7, 11) is 2.15. The van der Waals surface area contributed by atoms with Crippen LogP contribution in [0.15, 0.2) is 24.3 Å². The number of hydrogen-bond donors (Lipinski definition) is 1. The molecule has 0 aliphatic heterocycles. The van der Waals surface area contributed by atoms with Gasteiger partial charge in [-0.25, -0.2) is 0 Å². The first-order valence-electron chi connectivity index (χ1n) is 7.58. The molecule has 0 fully saturated rings. The van der Waals surface area contributed by atoms with E-state index < -0.39 is 0 Å². The van der Waals surface area contributed by atoms with Gasteiger partial charge in [-0.3, -0.25) is 0 Å². The monoisotopic (exact) mass is 308 g/mol. The predicted molar refractivity (Wildman–Crippen MR) is 94.0 cm³/mol. The number of nitrogens with two attached hydrogens (primary N) is 1. The van der Waals surface area contributed by atoms with Gasteiger partial charge in [0, 0.05) is 19.0 Å². The van der Waals surface area contributed by atoms with Crippen molar-refractivity contribution in [3.8, 4) is 5.75 Å². The summed E-state index contributed by atoms with van der Waals surface area (Å²) in [6.45, 7) is 8.42. The largest absolute Gasteiger partial charge is 0.492 e. The Balaban J connectivity index is 2.33. The molecule has 2 N–H and O–H groups in total. The van der Waals surface area contributed by atoms with E-state index in [1.54, 1.807) is 0 Å². The predicted octanol–water partition coefficient (Wildman–Crippen LogP) is 3.26. The Bertz CT molecular complexity index is 431. The van der Waals surface area contributed by atoms with E-state index in [2.05, 4.69) is 32.7 Å². The van der Waals surface area contributed by atoms with E-state index in [0.29, 0.717) is 24.1 Å². The van der Waals surface area contributed by atoms with E-state index in [1.165, 1.54) is 6.42 Å². The van der Waals surface area contributed by atoms with Gasteiger partial charge in [-0.2, -0.15) is 0 Å². The lowest BCUT2D eigenvalue weighted by Crippen LogP contribution is -2.33. The van der Waals surface area contributed by atoms with Gasteiger partial charge in [0.15, 0.2) is 0 Å². The van der Waals surface area contributed by atoms with Crippen molar-refractivity contribution in [3.05, 3.63) is 29.8 Å². The molecule has 0 bridgehead atoms. The van der Waals surface area contributed by atoms with E-state index in [-0.39, 0.29) is 0 Å². The van der Waals surface area contributed by atoms with E-state index in [9.17, 15) is 0 Å². The Labute approximate surface area is 134 Å². The number of ether oxygens (including phenoxy) is 1. The minimum atomic E-state index is 0.518. The molecule has 1 aromatic carbocycles. The molecule has 0 spiro atoms. The smallest absolute Gasteiger partial charge is 0.119 e. The molecular weight excluding hydrogens is 280 g/mol. The van der Waals surface area contributed by atoms with Gasteiger partial charge < -0.3 is 15.4 Å². The third-order valence-electron chi connectivity index (χ3n) is 3.58. The van der Waals surface area contributed by atoms with Crippen molar-refractivity contribution in [3.63, 3.8) is 0 Å². The molecule has 0 saturated carbocycles. The van der Waals surface area contributed by atoms with Crippen molar-refractivity contribution < 1.29 is 4.74 Å². The summed E-state index contributed by atoms with van der Waals surface area (Å²) < 4.78 is 5.79. The van der Waals surface area contributed by atoms with Gasteiger partial charge >= 0.3 is 0 Å². The highest BCUT2D eigenvalue weighted by molar-refractivity contribution is 7.80. The first-order chi connectivity index (χ1) is 9.88. The lowest BCUT2D eigenvalue weighted by molar-refractivity contribution is 0.184. The van der Waals surface area contributed by atoms with Gasteiger partial charge in [0.2, 0.25) is 0 Å². The van der Waals surface area contributed by atoms with Crippen molar-refractivity contribution in [1.29, 1.82) is 0 Å². The van der Waals surface area contributed by atoms with Gasteiger partial charge in [-0.15, -0.1) is 0 Å². The zero-order valence-electron chi connectivity index (χ0n) is 13.6. The molecule has 0 saturated heterocycles. The summed E-state index contributed by atoms with van der Waals surface area (Å²) in [6.07, 6.45) is 1.86. The summed E-state index contributed by atoms with van der Waals surface area (Å²) in [5, 5.41) is 0. The van der Waals surface area contributed by atoms with Crippen molar-refractivity contribution in [1.82, 2.24) is 4.90 Å². The molecule has 0 heterocycles. The molecule has 3 nitrogen and oxygen atoms in total. The quantitative estimate of drug-likeness (QED) is 0.711. The SMILES string of the molecule is CC(C)CC(C)N(C)CCOc1ccc(CC(N)=S)cc1. The molecule has 0 aliphatic carbocycles. The van der Waals surface area contributed by atoms with Gasteiger partial charge in [-0.05, 0) is 44.0 Å². The first kappa shape index (κ1) is 17.9. The third-order valence-corrected chi connectivity index (χ3v) is 3.72. The number of hydrogen-bond acceptors (Lipinski definition) is 3. The summed E-state index contributed by atoms with van der Waals surface area (Å²) in [5.41, 5.74) is 6.66. The van der Waals surface area contributed by atoms with Crippen LogP contribution >= 0.6 is 12.2 Å². The fourth-order valence-electron chi connectivity index (χ4n) is 2.29. The van der Waals surface area contributed by atoms with Gasteiger partial charge in [0.1, 0.15) is 12.4 Å². The number of nitrogens with zero attached hydrogens (tertiary/aromatic N) is 1. The van der Waals surface area contributed by atoms with Gasteiger partial charge in [0.25, 0.3) is 0 Å². The topological polar surface area (TPSA) is 38.5 Å². The number of benzene rings is 1. The van der Waals surface area contributed by atoms with Crippen LogP contribution in [0.3, 0.4) is 0 Å². The highest BCUT2D eigenvalue weighted by Gasteiger charge is 2.10. The van der Waals surface area contributed by atoms with Crippen LogP contribution in [0.2, 0.25) is 0 Å². The van der Waals surface area contributed by atoms with Gasteiger partial charge in [-0.1, -0.05) is 38.2 Å². The molecule has 1 aromatic rings. The summed E-state index contributed by atoms with van der Waals surface area (Å²) in [5.74, 6) is 1.62. The van der Waals surface area contributed by atoms with E-state index >= 15 is 0 Å². The van der Waals surface area contributed by atoms with Crippen LogP contribution in [0.1, 0.15) is 32.8 Å². The maximum Gasteiger partial charge on any atom is 0.119 e. The fraction of sp³-hybridized carbons (Fsp3) is 0.588. The Hall–Kier alpha value is -1.13. The van der Waals surface area contributed by atoms with E-state index in [4.69, 9.17) is 22.7 Å². The van der Waals surface area contributed by atoms with Crippen LogP contribution in [-0.2, 0) is 6.42 Å². The molecule has 1 rings (SSSR count). The Kier molecular flexibility index (Phi) is 7.68. The standard InChI is InChI=1S/C17H28N2OS/c1-13(2)11-14(3)19(4)9-10-20-16-7-5-15(6-8-16)12-17(18)21/h5-8,13-14H,9-12H2,1-4H3,(H2,18,21). The van der Waals surface area contributed by atoms with Crippen LogP contribution in [0.25, 0.3) is 0 Å². The minimum absolute atomic E-state index is 0.518. The Morgan fingerprint density at radius 1 is 1.24 bits per heavy atom. The summed E-state index contributed by atoms with van der Waals surface area (Å²) in [6, 6.07) is 8.57. The normalized spacial score (nSPS) is 12.7. The number of likely N-dealkylation sites (N-methyl/N-ethyl adjacent to an activating group) is 1. The second-order valence-electron chi connectivity index (χ2n) is 6.09. The second-order valence-corrected chi connectivity index (χ2v) is 6.62. The molecule has 0 aromatic heterocycles. The number of thiocarbonyl (C=S) groups is 1.